The molecule has 1 saturated heterocycles. The number of amides is 1. The fourth-order valence-electron chi connectivity index (χ4n) is 2.84. The van der Waals surface area contributed by atoms with Crippen molar-refractivity contribution in [3.63, 3.8) is 0 Å². The van der Waals surface area contributed by atoms with Crippen molar-refractivity contribution in [1.29, 1.82) is 0 Å². The maximum absolute atomic E-state index is 12.9. The molecule has 0 unspecified atom stereocenters. The molecule has 1 aromatic heterocycles. The molecule has 1 aliphatic rings. The normalized spacial score (nSPS) is 18.3. The Balaban J connectivity index is 1.97. The third-order valence-electron chi connectivity index (χ3n) is 3.98. The van der Waals surface area contributed by atoms with E-state index in [1.165, 1.54) is 18.2 Å². The second-order valence-corrected chi connectivity index (χ2v) is 8.99. The predicted molar refractivity (Wildman–Crippen MR) is 91.9 cm³/mol. The van der Waals surface area contributed by atoms with Crippen LogP contribution in [0.5, 0.6) is 0 Å². The summed E-state index contributed by atoms with van der Waals surface area (Å²) < 4.78 is 23.5. The summed E-state index contributed by atoms with van der Waals surface area (Å²) in [7, 11) is -3.38. The van der Waals surface area contributed by atoms with E-state index in [-0.39, 0.29) is 27.4 Å². The quantitative estimate of drug-likeness (QED) is 0.827. The van der Waals surface area contributed by atoms with Gasteiger partial charge in [0.2, 0.25) is 0 Å². The Labute approximate surface area is 144 Å². The number of carbonyl (C=O) groups is 1. The second kappa shape index (κ2) is 6.26. The van der Waals surface area contributed by atoms with Crippen LogP contribution in [0.15, 0.2) is 40.6 Å². The Morgan fingerprint density at radius 3 is 2.78 bits per heavy atom. The molecular weight excluding hydrogens is 354 g/mol. The van der Waals surface area contributed by atoms with E-state index in [2.05, 4.69) is 0 Å². The highest BCUT2D eigenvalue weighted by atomic mass is 35.5. The van der Waals surface area contributed by atoms with Crippen LogP contribution in [-0.2, 0) is 9.84 Å². The lowest BCUT2D eigenvalue weighted by Gasteiger charge is -2.24. The summed E-state index contributed by atoms with van der Waals surface area (Å²) in [5.41, 5.74) is 0.248. The van der Waals surface area contributed by atoms with Crippen LogP contribution in [0.2, 0.25) is 5.02 Å². The largest absolute Gasteiger partial charge is 0.331 e. The second-order valence-electron chi connectivity index (χ2n) is 5.59. The van der Waals surface area contributed by atoms with Gasteiger partial charge in [-0.3, -0.25) is 4.79 Å². The lowest BCUT2D eigenvalue weighted by atomic mass is 10.1. The molecule has 3 rings (SSSR count). The van der Waals surface area contributed by atoms with Crippen molar-refractivity contribution >= 4 is 38.7 Å². The van der Waals surface area contributed by atoms with Gasteiger partial charge in [0, 0.05) is 17.7 Å². The molecule has 1 amide bonds. The van der Waals surface area contributed by atoms with E-state index in [1.807, 2.05) is 17.5 Å². The zero-order valence-corrected chi connectivity index (χ0v) is 14.9. The van der Waals surface area contributed by atoms with Crippen molar-refractivity contribution < 1.29 is 13.2 Å². The number of hydrogen-bond donors (Lipinski definition) is 0. The third kappa shape index (κ3) is 3.29. The van der Waals surface area contributed by atoms with Gasteiger partial charge < -0.3 is 4.90 Å². The van der Waals surface area contributed by atoms with Crippen LogP contribution in [0.3, 0.4) is 0 Å². The Bertz CT molecular complexity index is 831. The molecule has 1 atom stereocenters. The van der Waals surface area contributed by atoms with Crippen LogP contribution in [0.4, 0.5) is 0 Å². The number of thiophene rings is 1. The number of halogens is 1. The summed E-state index contributed by atoms with van der Waals surface area (Å²) in [5, 5.41) is 2.27. The minimum absolute atomic E-state index is 0.0421. The highest BCUT2D eigenvalue weighted by Gasteiger charge is 2.32. The number of nitrogens with zero attached hydrogens (tertiary/aromatic N) is 1. The van der Waals surface area contributed by atoms with E-state index in [1.54, 1.807) is 16.2 Å². The summed E-state index contributed by atoms with van der Waals surface area (Å²) in [6.07, 6.45) is 2.96. The van der Waals surface area contributed by atoms with Gasteiger partial charge >= 0.3 is 0 Å². The summed E-state index contributed by atoms with van der Waals surface area (Å²) in [4.78, 5) is 15.9. The average molecular weight is 370 g/mol. The first-order valence-electron chi connectivity index (χ1n) is 7.22. The topological polar surface area (TPSA) is 54.5 Å². The number of carbonyl (C=O) groups excluding carboxylic acids is 1. The van der Waals surface area contributed by atoms with Gasteiger partial charge in [0.15, 0.2) is 9.84 Å². The zero-order chi connectivity index (χ0) is 16.6. The number of hydrogen-bond acceptors (Lipinski definition) is 4. The van der Waals surface area contributed by atoms with Crippen molar-refractivity contribution in [3.8, 4) is 0 Å². The van der Waals surface area contributed by atoms with E-state index >= 15 is 0 Å². The number of benzene rings is 1. The van der Waals surface area contributed by atoms with Crippen molar-refractivity contribution in [3.05, 3.63) is 51.2 Å². The van der Waals surface area contributed by atoms with Crippen LogP contribution in [0.1, 0.15) is 34.1 Å². The van der Waals surface area contributed by atoms with E-state index in [0.29, 0.717) is 6.54 Å². The van der Waals surface area contributed by atoms with Crippen molar-refractivity contribution in [1.82, 2.24) is 4.90 Å². The first-order chi connectivity index (χ1) is 10.9. The smallest absolute Gasteiger partial charge is 0.255 e. The van der Waals surface area contributed by atoms with Gasteiger partial charge in [-0.25, -0.2) is 8.42 Å². The molecular formula is C16H16ClNO3S2. The van der Waals surface area contributed by atoms with E-state index in [9.17, 15) is 13.2 Å². The lowest BCUT2D eigenvalue weighted by Crippen LogP contribution is -2.30. The highest BCUT2D eigenvalue weighted by Crippen LogP contribution is 2.36. The molecule has 0 bridgehead atoms. The molecule has 7 heteroatoms. The molecule has 122 valence electrons. The van der Waals surface area contributed by atoms with E-state index in [0.717, 1.165) is 24.0 Å². The van der Waals surface area contributed by atoms with Gasteiger partial charge in [0.05, 0.1) is 21.5 Å². The Morgan fingerprint density at radius 2 is 2.13 bits per heavy atom. The average Bonchev–Trinajstić information content (AvgIpc) is 3.16. The SMILES string of the molecule is CS(=O)(=O)c1ccc(Cl)c(C(=O)N2CCC[C@@H]2c2cccs2)c1. The van der Waals surface area contributed by atoms with Crippen molar-refractivity contribution in [2.45, 2.75) is 23.8 Å². The number of rotatable bonds is 3. The molecule has 2 aromatic rings. The van der Waals surface area contributed by atoms with Crippen LogP contribution in [-0.4, -0.2) is 32.0 Å². The standard InChI is InChI=1S/C16H16ClNO3S2/c1-23(20,21)11-6-7-13(17)12(10-11)16(19)18-8-2-4-14(18)15-5-3-9-22-15/h3,5-7,9-10,14H,2,4,8H2,1H3/t14-/m1/s1. The number of likely N-dealkylation sites (tertiary alicyclic amines) is 1. The molecule has 0 radical (unpaired) electrons. The molecule has 0 saturated carbocycles. The van der Waals surface area contributed by atoms with Gasteiger partial charge in [-0.05, 0) is 42.5 Å². The zero-order valence-electron chi connectivity index (χ0n) is 12.5. The molecule has 1 fully saturated rings. The molecule has 23 heavy (non-hydrogen) atoms. The van der Waals surface area contributed by atoms with Gasteiger partial charge in [0.1, 0.15) is 0 Å². The maximum Gasteiger partial charge on any atom is 0.255 e. The monoisotopic (exact) mass is 369 g/mol. The molecule has 0 aliphatic carbocycles. The van der Waals surface area contributed by atoms with Crippen LogP contribution in [0, 0.1) is 0 Å². The van der Waals surface area contributed by atoms with E-state index in [4.69, 9.17) is 11.6 Å². The minimum Gasteiger partial charge on any atom is -0.331 e. The summed E-state index contributed by atoms with van der Waals surface area (Å²) in [6.45, 7) is 0.654. The van der Waals surface area contributed by atoms with Gasteiger partial charge in [-0.1, -0.05) is 17.7 Å². The maximum atomic E-state index is 12.9. The van der Waals surface area contributed by atoms with Crippen LogP contribution < -0.4 is 0 Å². The third-order valence-corrected chi connectivity index (χ3v) is 6.40. The van der Waals surface area contributed by atoms with Crippen LogP contribution >= 0.6 is 22.9 Å². The highest BCUT2D eigenvalue weighted by molar-refractivity contribution is 7.90. The Hall–Kier alpha value is -1.37. The number of sulfone groups is 1. The minimum atomic E-state index is -3.38. The Kier molecular flexibility index (Phi) is 4.49. The first kappa shape index (κ1) is 16.5. The molecule has 1 aromatic carbocycles. The van der Waals surface area contributed by atoms with Crippen molar-refractivity contribution in [2.24, 2.45) is 0 Å². The lowest BCUT2D eigenvalue weighted by molar-refractivity contribution is 0.0738. The molecule has 0 spiro atoms. The molecule has 0 N–H and O–H groups in total. The molecule has 1 aliphatic heterocycles. The molecule has 4 nitrogen and oxygen atoms in total. The summed E-state index contributed by atoms with van der Waals surface area (Å²) >= 11 is 7.78. The summed E-state index contributed by atoms with van der Waals surface area (Å²) in [6, 6.07) is 8.31. The van der Waals surface area contributed by atoms with Gasteiger partial charge in [-0.15, -0.1) is 11.3 Å². The predicted octanol–water partition coefficient (Wildman–Crippen LogP) is 3.78. The van der Waals surface area contributed by atoms with Crippen LogP contribution in [0.25, 0.3) is 0 Å². The van der Waals surface area contributed by atoms with E-state index < -0.39 is 9.84 Å². The fourth-order valence-corrected chi connectivity index (χ4v) is 4.56. The van der Waals surface area contributed by atoms with Gasteiger partial charge in [-0.2, -0.15) is 0 Å². The first-order valence-corrected chi connectivity index (χ1v) is 10.4. The fraction of sp³-hybridized carbons (Fsp3) is 0.312. The van der Waals surface area contributed by atoms with Crippen molar-refractivity contribution in [2.75, 3.05) is 12.8 Å². The molecule has 2 heterocycles. The summed E-state index contributed by atoms with van der Waals surface area (Å²) in [5.74, 6) is -0.212. The Morgan fingerprint density at radius 1 is 1.35 bits per heavy atom. The van der Waals surface area contributed by atoms with Gasteiger partial charge in [0.25, 0.3) is 5.91 Å².